The molecule has 2 aliphatic rings. The van der Waals surface area contributed by atoms with Crippen molar-refractivity contribution in [3.63, 3.8) is 0 Å². The topological polar surface area (TPSA) is 82.3 Å². The number of hydrogen-bond acceptors (Lipinski definition) is 4. The van der Waals surface area contributed by atoms with Crippen LogP contribution in [0.2, 0.25) is 0 Å². The first-order valence-corrected chi connectivity index (χ1v) is 9.97. The number of hydrogen-bond donors (Lipinski definition) is 4. The highest BCUT2D eigenvalue weighted by Gasteiger charge is 2.24. The molecule has 0 spiro atoms. The Hall–Kier alpha value is -1.28. The van der Waals surface area contributed by atoms with Crippen molar-refractivity contribution >= 4 is 46.5 Å². The van der Waals surface area contributed by atoms with E-state index in [4.69, 9.17) is 24.4 Å². The number of carbonyl (C=O) groups excluding carboxylic acids is 2. The third kappa shape index (κ3) is 6.86. The van der Waals surface area contributed by atoms with Crippen molar-refractivity contribution in [1.82, 2.24) is 21.3 Å². The van der Waals surface area contributed by atoms with Crippen molar-refractivity contribution < 1.29 is 9.59 Å². The molecule has 25 heavy (non-hydrogen) atoms. The molecule has 0 aromatic carbocycles. The van der Waals surface area contributed by atoms with E-state index in [9.17, 15) is 9.59 Å². The van der Waals surface area contributed by atoms with E-state index < -0.39 is 0 Å². The highest BCUT2D eigenvalue weighted by Crippen LogP contribution is 2.25. The molecule has 0 aromatic heterocycles. The van der Waals surface area contributed by atoms with Gasteiger partial charge in [0.15, 0.2) is 10.2 Å². The summed E-state index contributed by atoms with van der Waals surface area (Å²) < 4.78 is 0. The van der Waals surface area contributed by atoms with Crippen LogP contribution in [0.4, 0.5) is 0 Å². The van der Waals surface area contributed by atoms with Crippen molar-refractivity contribution in [2.75, 3.05) is 6.54 Å². The second-order valence-electron chi connectivity index (χ2n) is 7.03. The van der Waals surface area contributed by atoms with Gasteiger partial charge in [-0.15, -0.1) is 0 Å². The average Bonchev–Trinajstić information content (AvgIpc) is 3.25. The van der Waals surface area contributed by atoms with Crippen molar-refractivity contribution in [1.29, 1.82) is 0 Å². The third-order valence-electron chi connectivity index (χ3n) is 4.87. The van der Waals surface area contributed by atoms with Gasteiger partial charge in [0.25, 0.3) is 0 Å². The summed E-state index contributed by atoms with van der Waals surface area (Å²) in [5, 5.41) is 12.3. The summed E-state index contributed by atoms with van der Waals surface area (Å²) in [4.78, 5) is 24.0. The largest absolute Gasteiger partial charge is 0.360 e. The van der Waals surface area contributed by atoms with Crippen LogP contribution in [0, 0.1) is 11.8 Å². The standard InChI is InChI=1S/C17H28N4O2S2/c1-11(19-17(25)21-15(23)13-8-4-5-9-13)10-18-16(24)20-14(22)12-6-2-3-7-12/h11-13H,2-10H2,1H3,(H2,18,20,22,24)(H2,19,21,23,25). The summed E-state index contributed by atoms with van der Waals surface area (Å²) >= 11 is 10.4. The minimum absolute atomic E-state index is 0.00880. The number of amides is 2. The zero-order valence-electron chi connectivity index (χ0n) is 14.7. The fourth-order valence-electron chi connectivity index (χ4n) is 3.40. The predicted octanol–water partition coefficient (Wildman–Crippen LogP) is 1.74. The van der Waals surface area contributed by atoms with E-state index in [0.29, 0.717) is 16.8 Å². The van der Waals surface area contributed by atoms with Crippen LogP contribution < -0.4 is 21.3 Å². The van der Waals surface area contributed by atoms with Gasteiger partial charge in [-0.3, -0.25) is 9.59 Å². The molecule has 0 radical (unpaired) electrons. The number of rotatable bonds is 5. The van der Waals surface area contributed by atoms with Crippen LogP contribution in [0.3, 0.4) is 0 Å². The Morgan fingerprint density at radius 2 is 1.32 bits per heavy atom. The lowest BCUT2D eigenvalue weighted by molar-refractivity contribution is -0.124. The first-order valence-electron chi connectivity index (χ1n) is 9.15. The normalized spacial score (nSPS) is 19.2. The van der Waals surface area contributed by atoms with Crippen LogP contribution in [-0.2, 0) is 9.59 Å². The zero-order valence-corrected chi connectivity index (χ0v) is 16.4. The molecule has 1 unspecified atom stereocenters. The van der Waals surface area contributed by atoms with Gasteiger partial charge in [0.2, 0.25) is 11.8 Å². The molecule has 1 atom stereocenters. The highest BCUT2D eigenvalue weighted by atomic mass is 32.1. The Morgan fingerprint density at radius 1 is 0.880 bits per heavy atom. The number of thiocarbonyl (C=S) groups is 2. The van der Waals surface area contributed by atoms with Gasteiger partial charge >= 0.3 is 0 Å². The molecule has 0 saturated heterocycles. The van der Waals surface area contributed by atoms with Gasteiger partial charge in [-0.05, 0) is 57.0 Å². The molecule has 0 aliphatic heterocycles. The van der Waals surface area contributed by atoms with Gasteiger partial charge in [-0.25, -0.2) is 0 Å². The van der Waals surface area contributed by atoms with Gasteiger partial charge in [0.1, 0.15) is 0 Å². The minimum Gasteiger partial charge on any atom is -0.360 e. The maximum absolute atomic E-state index is 12.0. The summed E-state index contributed by atoms with van der Waals surface area (Å²) in [5.41, 5.74) is 0. The fourth-order valence-corrected chi connectivity index (χ4v) is 3.89. The van der Waals surface area contributed by atoms with Crippen molar-refractivity contribution in [3.8, 4) is 0 Å². The molecule has 4 N–H and O–H groups in total. The first-order chi connectivity index (χ1) is 12.0. The predicted molar refractivity (Wildman–Crippen MR) is 106 cm³/mol. The van der Waals surface area contributed by atoms with Crippen LogP contribution in [0.25, 0.3) is 0 Å². The lowest BCUT2D eigenvalue weighted by atomic mass is 10.1. The molecule has 6 nitrogen and oxygen atoms in total. The van der Waals surface area contributed by atoms with E-state index in [0.717, 1.165) is 51.4 Å². The smallest absolute Gasteiger partial charge is 0.229 e. The molecule has 8 heteroatoms. The summed E-state index contributed by atoms with van der Waals surface area (Å²) in [6.07, 6.45) is 8.24. The SMILES string of the molecule is CC(CNC(=S)NC(=O)C1CCCC1)NC(=S)NC(=O)C1CCCC1. The zero-order chi connectivity index (χ0) is 18.2. The molecule has 2 fully saturated rings. The maximum atomic E-state index is 12.0. The average molecular weight is 385 g/mol. The molecule has 0 bridgehead atoms. The van der Waals surface area contributed by atoms with Crippen LogP contribution in [0.5, 0.6) is 0 Å². The van der Waals surface area contributed by atoms with Gasteiger partial charge < -0.3 is 21.3 Å². The molecule has 140 valence electrons. The van der Waals surface area contributed by atoms with E-state index in [1.807, 2.05) is 6.92 Å². The first kappa shape index (κ1) is 20.0. The van der Waals surface area contributed by atoms with E-state index in [1.54, 1.807) is 0 Å². The van der Waals surface area contributed by atoms with E-state index in [2.05, 4.69) is 21.3 Å². The van der Waals surface area contributed by atoms with Gasteiger partial charge in [-0.1, -0.05) is 25.7 Å². The van der Waals surface area contributed by atoms with E-state index in [1.165, 1.54) is 0 Å². The molecule has 2 aliphatic carbocycles. The molecular formula is C17H28N4O2S2. The Bertz CT molecular complexity index is 515. The van der Waals surface area contributed by atoms with E-state index >= 15 is 0 Å². The second-order valence-corrected chi connectivity index (χ2v) is 7.84. The molecule has 2 rings (SSSR count). The van der Waals surface area contributed by atoms with E-state index in [-0.39, 0.29) is 29.7 Å². The molecular weight excluding hydrogens is 356 g/mol. The van der Waals surface area contributed by atoms with Crippen molar-refractivity contribution in [3.05, 3.63) is 0 Å². The highest BCUT2D eigenvalue weighted by molar-refractivity contribution is 7.80. The number of carbonyl (C=O) groups is 2. The summed E-state index contributed by atoms with van der Waals surface area (Å²) in [6.45, 7) is 2.44. The maximum Gasteiger partial charge on any atom is 0.229 e. The summed E-state index contributed by atoms with van der Waals surface area (Å²) in [6, 6.07) is -0.0299. The Balaban J connectivity index is 1.61. The van der Waals surface area contributed by atoms with Gasteiger partial charge in [0, 0.05) is 24.4 Å². The quantitative estimate of drug-likeness (QED) is 0.541. The molecule has 0 heterocycles. The minimum atomic E-state index is -0.0299. The van der Waals surface area contributed by atoms with Crippen LogP contribution in [0.15, 0.2) is 0 Å². The lowest BCUT2D eigenvalue weighted by Gasteiger charge is -2.19. The van der Waals surface area contributed by atoms with Crippen LogP contribution in [-0.4, -0.2) is 34.6 Å². The monoisotopic (exact) mass is 384 g/mol. The molecule has 2 saturated carbocycles. The van der Waals surface area contributed by atoms with Gasteiger partial charge in [-0.2, -0.15) is 0 Å². The van der Waals surface area contributed by atoms with Crippen LogP contribution >= 0.6 is 24.4 Å². The Morgan fingerprint density at radius 3 is 1.80 bits per heavy atom. The van der Waals surface area contributed by atoms with Crippen LogP contribution in [0.1, 0.15) is 58.3 Å². The molecule has 2 amide bonds. The lowest BCUT2D eigenvalue weighted by Crippen LogP contribution is -2.50. The second kappa shape index (κ2) is 10.0. The Labute approximate surface area is 160 Å². The fraction of sp³-hybridized carbons (Fsp3) is 0.765. The van der Waals surface area contributed by atoms with Crippen molar-refractivity contribution in [2.45, 2.75) is 64.3 Å². The summed E-state index contributed by atoms with van der Waals surface area (Å²) in [7, 11) is 0. The third-order valence-corrected chi connectivity index (χ3v) is 5.34. The van der Waals surface area contributed by atoms with Gasteiger partial charge in [0.05, 0.1) is 0 Å². The molecule has 0 aromatic rings. The number of nitrogens with one attached hydrogen (secondary N) is 4. The summed E-state index contributed by atoms with van der Waals surface area (Å²) in [5.74, 6) is 0.199. The van der Waals surface area contributed by atoms with Crippen molar-refractivity contribution in [2.24, 2.45) is 11.8 Å². The Kier molecular flexibility index (Phi) is 8.02.